The van der Waals surface area contributed by atoms with Crippen molar-refractivity contribution < 1.29 is 14.3 Å². The van der Waals surface area contributed by atoms with Gasteiger partial charge < -0.3 is 9.64 Å². The van der Waals surface area contributed by atoms with Gasteiger partial charge in [-0.25, -0.2) is 0 Å². The minimum absolute atomic E-state index is 0.00730. The van der Waals surface area contributed by atoms with Crippen molar-refractivity contribution >= 4 is 34.5 Å². The Bertz CT molecular complexity index is 489. The Morgan fingerprint density at radius 3 is 2.89 bits per heavy atom. The number of likely N-dealkylation sites (tertiary alicyclic amines) is 1. The van der Waals surface area contributed by atoms with Crippen molar-refractivity contribution in [3.8, 4) is 0 Å². The molecule has 1 aromatic rings. The number of amides is 1. The number of hydrogen-bond donors (Lipinski definition) is 0. The molecule has 0 aliphatic carbocycles. The lowest BCUT2D eigenvalue weighted by Crippen LogP contribution is -2.42. The summed E-state index contributed by atoms with van der Waals surface area (Å²) in [6, 6.07) is 7.50. The van der Waals surface area contributed by atoms with E-state index >= 15 is 0 Å². The van der Waals surface area contributed by atoms with Crippen molar-refractivity contribution in [3.05, 3.63) is 33.4 Å². The van der Waals surface area contributed by atoms with Gasteiger partial charge in [-0.2, -0.15) is 0 Å². The summed E-state index contributed by atoms with van der Waals surface area (Å²) in [5.74, 6) is -0.419. The summed E-state index contributed by atoms with van der Waals surface area (Å²) in [5.41, 5.74) is 0.678. The molecule has 2 rings (SSSR count). The van der Waals surface area contributed by atoms with Gasteiger partial charge in [0.25, 0.3) is 5.91 Å². The first kappa shape index (κ1) is 14.3. The average Bonchev–Trinajstić information content (AvgIpc) is 2.45. The number of carbonyl (C=O) groups excluding carboxylic acids is 2. The monoisotopic (exact) mass is 373 g/mol. The Hall–Kier alpha value is -1.11. The molecule has 1 amide bonds. The first-order chi connectivity index (χ1) is 9.11. The minimum atomic E-state index is -0.222. The van der Waals surface area contributed by atoms with Crippen LogP contribution in [0.3, 0.4) is 0 Å². The van der Waals surface area contributed by atoms with Crippen LogP contribution in [0.25, 0.3) is 0 Å². The van der Waals surface area contributed by atoms with E-state index in [1.165, 1.54) is 7.11 Å². The standard InChI is InChI=1S/C14H16INO3/c1-19-14(18)11-5-3-7-16(9-11)13(17)10-4-2-6-12(15)8-10/h2,4,6,8,11H,3,5,7,9H2,1H3/t11-/m0/s1. The lowest BCUT2D eigenvalue weighted by atomic mass is 9.97. The molecule has 5 heteroatoms. The fourth-order valence-corrected chi connectivity index (χ4v) is 2.87. The Morgan fingerprint density at radius 2 is 2.21 bits per heavy atom. The average molecular weight is 373 g/mol. The third-order valence-corrected chi connectivity index (χ3v) is 3.99. The van der Waals surface area contributed by atoms with Crippen molar-refractivity contribution in [1.29, 1.82) is 0 Å². The van der Waals surface area contributed by atoms with Crippen molar-refractivity contribution in [1.82, 2.24) is 4.90 Å². The van der Waals surface area contributed by atoms with Crippen molar-refractivity contribution in [2.45, 2.75) is 12.8 Å². The van der Waals surface area contributed by atoms with E-state index in [9.17, 15) is 9.59 Å². The third kappa shape index (κ3) is 3.46. The molecule has 1 aliphatic rings. The van der Waals surface area contributed by atoms with E-state index in [0.29, 0.717) is 18.7 Å². The number of rotatable bonds is 2. The van der Waals surface area contributed by atoms with E-state index < -0.39 is 0 Å². The lowest BCUT2D eigenvalue weighted by Gasteiger charge is -2.31. The Labute approximate surface area is 126 Å². The summed E-state index contributed by atoms with van der Waals surface area (Å²) in [4.78, 5) is 25.7. The second-order valence-corrected chi connectivity index (χ2v) is 5.87. The molecule has 102 valence electrons. The molecule has 1 fully saturated rings. The molecule has 4 nitrogen and oxygen atoms in total. The summed E-state index contributed by atoms with van der Waals surface area (Å²) in [6.45, 7) is 1.16. The van der Waals surface area contributed by atoms with Crippen LogP contribution in [-0.4, -0.2) is 37.0 Å². The largest absolute Gasteiger partial charge is 0.469 e. The SMILES string of the molecule is COC(=O)[C@H]1CCCN(C(=O)c2cccc(I)c2)C1. The van der Waals surface area contributed by atoms with Crippen LogP contribution in [0.4, 0.5) is 0 Å². The Kier molecular flexibility index (Phi) is 4.79. The molecule has 1 atom stereocenters. The summed E-state index contributed by atoms with van der Waals surface area (Å²) in [7, 11) is 1.39. The van der Waals surface area contributed by atoms with Crippen molar-refractivity contribution in [2.24, 2.45) is 5.92 Å². The van der Waals surface area contributed by atoms with E-state index in [1.54, 1.807) is 4.90 Å². The maximum atomic E-state index is 12.4. The van der Waals surface area contributed by atoms with E-state index in [1.807, 2.05) is 24.3 Å². The van der Waals surface area contributed by atoms with Gasteiger partial charge in [0.15, 0.2) is 0 Å². The van der Waals surface area contributed by atoms with Crippen LogP contribution in [-0.2, 0) is 9.53 Å². The predicted molar refractivity (Wildman–Crippen MR) is 79.8 cm³/mol. The summed E-state index contributed by atoms with van der Waals surface area (Å²) in [5, 5.41) is 0. The molecule has 0 unspecified atom stereocenters. The van der Waals surface area contributed by atoms with Gasteiger partial charge in [-0.15, -0.1) is 0 Å². The number of benzene rings is 1. The first-order valence-corrected chi connectivity index (χ1v) is 7.32. The number of carbonyl (C=O) groups is 2. The highest BCUT2D eigenvalue weighted by Crippen LogP contribution is 2.20. The highest BCUT2D eigenvalue weighted by Gasteiger charge is 2.29. The zero-order valence-electron chi connectivity index (χ0n) is 10.8. The molecular formula is C14H16INO3. The number of ether oxygens (including phenoxy) is 1. The van der Waals surface area contributed by atoms with E-state index in [2.05, 4.69) is 22.6 Å². The number of hydrogen-bond acceptors (Lipinski definition) is 3. The normalized spacial score (nSPS) is 19.1. The quantitative estimate of drug-likeness (QED) is 0.591. The zero-order valence-corrected chi connectivity index (χ0v) is 12.9. The number of halogens is 1. The second kappa shape index (κ2) is 6.36. The van der Waals surface area contributed by atoms with Gasteiger partial charge in [0.05, 0.1) is 13.0 Å². The van der Waals surface area contributed by atoms with Gasteiger partial charge in [-0.05, 0) is 53.6 Å². The van der Waals surface area contributed by atoms with Gasteiger partial charge in [-0.1, -0.05) is 6.07 Å². The number of nitrogens with zero attached hydrogens (tertiary/aromatic N) is 1. The van der Waals surface area contributed by atoms with Gasteiger partial charge >= 0.3 is 5.97 Å². The molecular weight excluding hydrogens is 357 g/mol. The molecule has 19 heavy (non-hydrogen) atoms. The highest BCUT2D eigenvalue weighted by molar-refractivity contribution is 14.1. The molecule has 0 N–H and O–H groups in total. The topological polar surface area (TPSA) is 46.6 Å². The lowest BCUT2D eigenvalue weighted by molar-refractivity contribution is -0.146. The van der Waals surface area contributed by atoms with E-state index in [4.69, 9.17) is 4.74 Å². The van der Waals surface area contributed by atoms with Crippen LogP contribution in [0.5, 0.6) is 0 Å². The van der Waals surface area contributed by atoms with Gasteiger partial charge in [0.1, 0.15) is 0 Å². The molecule has 0 spiro atoms. The molecule has 1 heterocycles. The van der Waals surface area contributed by atoms with Gasteiger partial charge in [0, 0.05) is 22.2 Å². The number of methoxy groups -OCH3 is 1. The molecule has 1 saturated heterocycles. The maximum absolute atomic E-state index is 12.4. The molecule has 0 radical (unpaired) electrons. The van der Waals surface area contributed by atoms with Gasteiger partial charge in [-0.3, -0.25) is 9.59 Å². The van der Waals surface area contributed by atoms with E-state index in [-0.39, 0.29) is 17.8 Å². The first-order valence-electron chi connectivity index (χ1n) is 6.24. The maximum Gasteiger partial charge on any atom is 0.310 e. The van der Waals surface area contributed by atoms with E-state index in [0.717, 1.165) is 16.4 Å². The van der Waals surface area contributed by atoms with Crippen LogP contribution in [0.1, 0.15) is 23.2 Å². The highest BCUT2D eigenvalue weighted by atomic mass is 127. The van der Waals surface area contributed by atoms with Crippen LogP contribution < -0.4 is 0 Å². The Balaban J connectivity index is 2.09. The van der Waals surface area contributed by atoms with Gasteiger partial charge in [0.2, 0.25) is 0 Å². The molecule has 0 bridgehead atoms. The molecule has 1 aliphatic heterocycles. The number of piperidine rings is 1. The fourth-order valence-electron chi connectivity index (χ4n) is 2.32. The Morgan fingerprint density at radius 1 is 1.42 bits per heavy atom. The minimum Gasteiger partial charge on any atom is -0.469 e. The van der Waals surface area contributed by atoms with Crippen molar-refractivity contribution in [3.63, 3.8) is 0 Å². The number of esters is 1. The second-order valence-electron chi connectivity index (χ2n) is 4.62. The van der Waals surface area contributed by atoms with Crippen LogP contribution >= 0.6 is 22.6 Å². The zero-order chi connectivity index (χ0) is 13.8. The molecule has 0 saturated carbocycles. The fraction of sp³-hybridized carbons (Fsp3) is 0.429. The summed E-state index contributed by atoms with van der Waals surface area (Å²) >= 11 is 2.19. The summed E-state index contributed by atoms with van der Waals surface area (Å²) in [6.07, 6.45) is 1.64. The molecule has 1 aromatic carbocycles. The van der Waals surface area contributed by atoms with Crippen LogP contribution in [0.2, 0.25) is 0 Å². The third-order valence-electron chi connectivity index (χ3n) is 3.31. The molecule has 0 aromatic heterocycles. The smallest absolute Gasteiger partial charge is 0.310 e. The summed E-state index contributed by atoms with van der Waals surface area (Å²) < 4.78 is 5.80. The van der Waals surface area contributed by atoms with Crippen LogP contribution in [0.15, 0.2) is 24.3 Å². The predicted octanol–water partition coefficient (Wildman–Crippen LogP) is 2.32. The van der Waals surface area contributed by atoms with Crippen LogP contribution in [0, 0.1) is 9.49 Å². The van der Waals surface area contributed by atoms with Crippen molar-refractivity contribution in [2.75, 3.05) is 20.2 Å².